The summed E-state index contributed by atoms with van der Waals surface area (Å²) in [7, 11) is 0. The van der Waals surface area contributed by atoms with Crippen molar-refractivity contribution in [2.75, 3.05) is 19.6 Å². The Morgan fingerprint density at radius 3 is 2.45 bits per heavy atom. The summed E-state index contributed by atoms with van der Waals surface area (Å²) >= 11 is 0. The predicted octanol–water partition coefficient (Wildman–Crippen LogP) is 3.00. The minimum Gasteiger partial charge on any atom is -0.329 e. The molecule has 0 radical (unpaired) electrons. The second kappa shape index (κ2) is 7.75. The highest BCUT2D eigenvalue weighted by Crippen LogP contribution is 2.33. The quantitative estimate of drug-likeness (QED) is 0.832. The molecule has 0 aromatic carbocycles. The summed E-state index contributed by atoms with van der Waals surface area (Å²) in [5.74, 6) is 0. The molecule has 0 atom stereocenters. The standard InChI is InChI=1S/C17H29N3/c1-2-13-20(14-8-16-6-11-19-12-7-16)17(15-18)9-4-3-5-10-17/h6-7,11-12H,2-5,8-10,13-15,18H2,1H3. The van der Waals surface area contributed by atoms with E-state index >= 15 is 0 Å². The second-order valence-corrected chi connectivity index (χ2v) is 6.08. The van der Waals surface area contributed by atoms with Gasteiger partial charge in [0.2, 0.25) is 0 Å². The van der Waals surface area contributed by atoms with Gasteiger partial charge in [-0.1, -0.05) is 26.2 Å². The maximum Gasteiger partial charge on any atom is 0.0331 e. The van der Waals surface area contributed by atoms with E-state index in [2.05, 4.69) is 28.9 Å². The summed E-state index contributed by atoms with van der Waals surface area (Å²) in [5.41, 5.74) is 7.83. The summed E-state index contributed by atoms with van der Waals surface area (Å²) in [6, 6.07) is 4.25. The van der Waals surface area contributed by atoms with Gasteiger partial charge < -0.3 is 5.73 Å². The van der Waals surface area contributed by atoms with Crippen LogP contribution < -0.4 is 5.73 Å². The smallest absolute Gasteiger partial charge is 0.0331 e. The lowest BCUT2D eigenvalue weighted by Gasteiger charge is -2.46. The molecule has 1 aliphatic carbocycles. The molecule has 0 amide bonds. The van der Waals surface area contributed by atoms with E-state index in [9.17, 15) is 0 Å². The first kappa shape index (κ1) is 15.5. The Balaban J connectivity index is 2.01. The van der Waals surface area contributed by atoms with E-state index in [1.165, 1.54) is 50.6 Å². The van der Waals surface area contributed by atoms with Gasteiger partial charge in [-0.3, -0.25) is 9.88 Å². The number of hydrogen-bond acceptors (Lipinski definition) is 3. The molecule has 3 nitrogen and oxygen atoms in total. The highest BCUT2D eigenvalue weighted by Gasteiger charge is 2.35. The normalized spacial score (nSPS) is 18.4. The van der Waals surface area contributed by atoms with E-state index < -0.39 is 0 Å². The molecule has 0 saturated heterocycles. The van der Waals surface area contributed by atoms with Crippen molar-refractivity contribution in [1.82, 2.24) is 9.88 Å². The SMILES string of the molecule is CCCN(CCc1ccncc1)C1(CN)CCCCC1. The van der Waals surface area contributed by atoms with Gasteiger partial charge in [-0.05, 0) is 49.9 Å². The van der Waals surface area contributed by atoms with Gasteiger partial charge in [0.25, 0.3) is 0 Å². The number of aromatic nitrogens is 1. The molecule has 1 aliphatic rings. The molecule has 20 heavy (non-hydrogen) atoms. The largest absolute Gasteiger partial charge is 0.329 e. The number of hydrogen-bond donors (Lipinski definition) is 1. The summed E-state index contributed by atoms with van der Waals surface area (Å²) in [6.07, 6.45) is 12.7. The van der Waals surface area contributed by atoms with E-state index in [-0.39, 0.29) is 5.54 Å². The van der Waals surface area contributed by atoms with Gasteiger partial charge in [-0.2, -0.15) is 0 Å². The first-order valence-corrected chi connectivity index (χ1v) is 8.15. The van der Waals surface area contributed by atoms with Crippen LogP contribution in [0.5, 0.6) is 0 Å². The van der Waals surface area contributed by atoms with Gasteiger partial charge in [-0.25, -0.2) is 0 Å². The van der Waals surface area contributed by atoms with Crippen molar-refractivity contribution in [2.24, 2.45) is 5.73 Å². The van der Waals surface area contributed by atoms with Crippen LogP contribution in [0.3, 0.4) is 0 Å². The fraction of sp³-hybridized carbons (Fsp3) is 0.706. The summed E-state index contributed by atoms with van der Waals surface area (Å²) in [5, 5.41) is 0. The molecule has 2 N–H and O–H groups in total. The van der Waals surface area contributed by atoms with Crippen LogP contribution >= 0.6 is 0 Å². The number of nitrogens with two attached hydrogens (primary N) is 1. The highest BCUT2D eigenvalue weighted by molar-refractivity contribution is 5.10. The summed E-state index contributed by atoms with van der Waals surface area (Å²) in [6.45, 7) is 5.37. The Morgan fingerprint density at radius 2 is 1.85 bits per heavy atom. The molecule has 1 aromatic rings. The Kier molecular flexibility index (Phi) is 5.99. The number of pyridine rings is 1. The van der Waals surface area contributed by atoms with Crippen LogP contribution in [-0.2, 0) is 6.42 Å². The van der Waals surface area contributed by atoms with E-state index in [0.717, 1.165) is 19.5 Å². The zero-order valence-electron chi connectivity index (χ0n) is 12.9. The zero-order chi connectivity index (χ0) is 14.3. The van der Waals surface area contributed by atoms with Crippen molar-refractivity contribution in [1.29, 1.82) is 0 Å². The summed E-state index contributed by atoms with van der Waals surface area (Å²) in [4.78, 5) is 6.77. The van der Waals surface area contributed by atoms with Gasteiger partial charge >= 0.3 is 0 Å². The molecule has 0 bridgehead atoms. The van der Waals surface area contributed by atoms with Crippen LogP contribution in [0.1, 0.15) is 51.0 Å². The van der Waals surface area contributed by atoms with Crippen molar-refractivity contribution >= 4 is 0 Å². The van der Waals surface area contributed by atoms with Crippen molar-refractivity contribution in [3.8, 4) is 0 Å². The predicted molar refractivity (Wildman–Crippen MR) is 84.7 cm³/mol. The van der Waals surface area contributed by atoms with E-state index in [1.54, 1.807) is 0 Å². The van der Waals surface area contributed by atoms with Gasteiger partial charge in [0, 0.05) is 31.0 Å². The minimum absolute atomic E-state index is 0.265. The second-order valence-electron chi connectivity index (χ2n) is 6.08. The van der Waals surface area contributed by atoms with Crippen LogP contribution in [0.4, 0.5) is 0 Å². The van der Waals surface area contributed by atoms with Crippen LogP contribution in [0.15, 0.2) is 24.5 Å². The van der Waals surface area contributed by atoms with E-state index in [4.69, 9.17) is 5.73 Å². The first-order valence-electron chi connectivity index (χ1n) is 8.15. The van der Waals surface area contributed by atoms with Crippen molar-refractivity contribution in [3.05, 3.63) is 30.1 Å². The maximum absolute atomic E-state index is 6.19. The van der Waals surface area contributed by atoms with Crippen molar-refractivity contribution in [3.63, 3.8) is 0 Å². The average molecular weight is 275 g/mol. The third-order valence-corrected chi connectivity index (χ3v) is 4.75. The molecule has 0 unspecified atom stereocenters. The zero-order valence-corrected chi connectivity index (χ0v) is 12.9. The van der Waals surface area contributed by atoms with Gasteiger partial charge in [0.05, 0.1) is 0 Å². The van der Waals surface area contributed by atoms with Crippen LogP contribution in [0, 0.1) is 0 Å². The van der Waals surface area contributed by atoms with E-state index in [1.807, 2.05) is 12.4 Å². The lowest BCUT2D eigenvalue weighted by atomic mass is 9.80. The molecule has 112 valence electrons. The monoisotopic (exact) mass is 275 g/mol. The van der Waals surface area contributed by atoms with Crippen molar-refractivity contribution in [2.45, 2.75) is 57.4 Å². The topological polar surface area (TPSA) is 42.2 Å². The molecule has 1 fully saturated rings. The molecular weight excluding hydrogens is 246 g/mol. The van der Waals surface area contributed by atoms with Gasteiger partial charge in [-0.15, -0.1) is 0 Å². The third kappa shape index (κ3) is 3.80. The van der Waals surface area contributed by atoms with Crippen LogP contribution in [-0.4, -0.2) is 35.1 Å². The molecular formula is C17H29N3. The number of rotatable bonds is 7. The van der Waals surface area contributed by atoms with Crippen LogP contribution in [0.2, 0.25) is 0 Å². The van der Waals surface area contributed by atoms with Gasteiger partial charge in [0.15, 0.2) is 0 Å². The third-order valence-electron chi connectivity index (χ3n) is 4.75. The Bertz CT molecular complexity index is 371. The molecule has 3 heteroatoms. The maximum atomic E-state index is 6.19. The fourth-order valence-electron chi connectivity index (χ4n) is 3.53. The molecule has 1 heterocycles. The lowest BCUT2D eigenvalue weighted by Crippen LogP contribution is -2.55. The van der Waals surface area contributed by atoms with Gasteiger partial charge in [0.1, 0.15) is 0 Å². The average Bonchev–Trinajstić information content (AvgIpc) is 2.53. The summed E-state index contributed by atoms with van der Waals surface area (Å²) < 4.78 is 0. The van der Waals surface area contributed by atoms with Crippen LogP contribution in [0.25, 0.3) is 0 Å². The molecule has 0 aliphatic heterocycles. The Morgan fingerprint density at radius 1 is 1.15 bits per heavy atom. The lowest BCUT2D eigenvalue weighted by molar-refractivity contribution is 0.0577. The highest BCUT2D eigenvalue weighted by atomic mass is 15.2. The molecule has 0 spiro atoms. The Labute approximate surface area is 123 Å². The van der Waals surface area contributed by atoms with Crippen molar-refractivity contribution < 1.29 is 0 Å². The number of nitrogens with zero attached hydrogens (tertiary/aromatic N) is 2. The molecule has 1 saturated carbocycles. The fourth-order valence-corrected chi connectivity index (χ4v) is 3.53. The van der Waals surface area contributed by atoms with E-state index in [0.29, 0.717) is 0 Å². The Hall–Kier alpha value is -0.930. The molecule has 1 aromatic heterocycles. The first-order chi connectivity index (χ1) is 9.80. The molecule has 2 rings (SSSR count). The minimum atomic E-state index is 0.265.